The van der Waals surface area contributed by atoms with Crippen molar-refractivity contribution in [1.29, 1.82) is 5.41 Å². The molecule has 30 heavy (non-hydrogen) atoms. The Morgan fingerprint density at radius 3 is 2.27 bits per heavy atom. The van der Waals surface area contributed by atoms with Crippen molar-refractivity contribution in [1.82, 2.24) is 10.6 Å². The number of fused-ring (bicyclic) bond motifs is 2. The molecule has 2 aliphatic rings. The van der Waals surface area contributed by atoms with Gasteiger partial charge in [0, 0.05) is 18.5 Å². The van der Waals surface area contributed by atoms with Crippen LogP contribution in [0.4, 0.5) is 0 Å². The zero-order valence-corrected chi connectivity index (χ0v) is 17.8. The highest BCUT2D eigenvalue weighted by Gasteiger charge is 2.42. The molecule has 2 aromatic rings. The van der Waals surface area contributed by atoms with Crippen LogP contribution in [0, 0.1) is 11.3 Å². The third-order valence-corrected chi connectivity index (χ3v) is 7.32. The summed E-state index contributed by atoms with van der Waals surface area (Å²) in [7, 11) is -3.20. The first kappa shape index (κ1) is 20.8. The highest BCUT2D eigenvalue weighted by molar-refractivity contribution is 7.90. The van der Waals surface area contributed by atoms with Crippen molar-refractivity contribution < 1.29 is 13.2 Å². The van der Waals surface area contributed by atoms with Gasteiger partial charge in [-0.2, -0.15) is 0 Å². The SMILES string of the molecule is CS(=O)(=O)c1ccc(-c2ccc(C[C@@H](C=N)NC(=O)[C@H]3N[C@@H]4CC[C@H]3C4)cc2)cc1. The third kappa shape index (κ3) is 4.47. The Kier molecular flexibility index (Phi) is 5.75. The van der Waals surface area contributed by atoms with Crippen LogP contribution in [0.25, 0.3) is 11.1 Å². The number of hydrogen-bond acceptors (Lipinski definition) is 5. The van der Waals surface area contributed by atoms with E-state index in [4.69, 9.17) is 5.41 Å². The number of rotatable bonds is 7. The van der Waals surface area contributed by atoms with Crippen molar-refractivity contribution in [2.75, 3.05) is 6.26 Å². The summed E-state index contributed by atoms with van der Waals surface area (Å²) in [6, 6.07) is 14.8. The molecular weight excluding hydrogens is 398 g/mol. The molecule has 1 saturated heterocycles. The predicted molar refractivity (Wildman–Crippen MR) is 117 cm³/mol. The minimum absolute atomic E-state index is 0.00159. The second-order valence-electron chi connectivity index (χ2n) is 8.39. The van der Waals surface area contributed by atoms with Gasteiger partial charge in [-0.1, -0.05) is 36.4 Å². The normalized spacial score (nSPS) is 23.8. The molecular formula is C23H27N3O3S. The smallest absolute Gasteiger partial charge is 0.237 e. The number of benzene rings is 2. The van der Waals surface area contributed by atoms with E-state index in [1.54, 1.807) is 24.3 Å². The Morgan fingerprint density at radius 2 is 1.77 bits per heavy atom. The Bertz CT molecular complexity index is 1030. The Balaban J connectivity index is 1.38. The van der Waals surface area contributed by atoms with Crippen molar-refractivity contribution in [3.8, 4) is 11.1 Å². The monoisotopic (exact) mass is 425 g/mol. The van der Waals surface area contributed by atoms with Crippen LogP contribution in [-0.4, -0.2) is 44.9 Å². The van der Waals surface area contributed by atoms with Crippen LogP contribution in [0.3, 0.4) is 0 Å². The molecule has 1 heterocycles. The van der Waals surface area contributed by atoms with Gasteiger partial charge in [0.25, 0.3) is 0 Å². The molecule has 1 amide bonds. The van der Waals surface area contributed by atoms with Crippen molar-refractivity contribution >= 4 is 22.0 Å². The van der Waals surface area contributed by atoms with E-state index in [0.717, 1.165) is 36.0 Å². The Hall–Kier alpha value is -2.51. The molecule has 6 nitrogen and oxygen atoms in total. The van der Waals surface area contributed by atoms with Gasteiger partial charge in [0.1, 0.15) is 0 Å². The molecule has 7 heteroatoms. The number of amides is 1. The maximum Gasteiger partial charge on any atom is 0.237 e. The lowest BCUT2D eigenvalue weighted by Crippen LogP contribution is -2.51. The number of piperidine rings is 1. The van der Waals surface area contributed by atoms with E-state index >= 15 is 0 Å². The highest BCUT2D eigenvalue weighted by atomic mass is 32.2. The van der Waals surface area contributed by atoms with Crippen LogP contribution in [-0.2, 0) is 21.1 Å². The van der Waals surface area contributed by atoms with E-state index in [0.29, 0.717) is 23.3 Å². The molecule has 4 rings (SSSR count). The standard InChI is InChI=1S/C23H27N3O3S/c1-30(28,29)21-10-7-17(8-11-21)16-4-2-15(3-5-16)12-20(14-24)26-23(27)22-18-6-9-19(13-18)25-22/h2-5,7-8,10-11,14,18-20,22,24-25H,6,9,12-13H2,1H3,(H,26,27)/t18-,19+,20-,22-/m0/s1. The minimum Gasteiger partial charge on any atom is -0.347 e. The van der Waals surface area contributed by atoms with E-state index in [-0.39, 0.29) is 18.0 Å². The van der Waals surface area contributed by atoms with Gasteiger partial charge >= 0.3 is 0 Å². The maximum atomic E-state index is 12.6. The highest BCUT2D eigenvalue weighted by Crippen LogP contribution is 2.35. The molecule has 2 fully saturated rings. The molecule has 2 aromatic carbocycles. The molecule has 0 unspecified atom stereocenters. The van der Waals surface area contributed by atoms with Crippen molar-refractivity contribution in [3.05, 3.63) is 54.1 Å². The van der Waals surface area contributed by atoms with Gasteiger partial charge in [-0.15, -0.1) is 0 Å². The fraction of sp³-hybridized carbons (Fsp3) is 0.391. The second kappa shape index (κ2) is 8.32. The van der Waals surface area contributed by atoms with Crippen molar-refractivity contribution in [3.63, 3.8) is 0 Å². The van der Waals surface area contributed by atoms with Crippen LogP contribution in [0.2, 0.25) is 0 Å². The van der Waals surface area contributed by atoms with E-state index < -0.39 is 9.84 Å². The maximum absolute atomic E-state index is 12.6. The molecule has 0 aromatic heterocycles. The summed E-state index contributed by atoms with van der Waals surface area (Å²) in [4.78, 5) is 12.9. The predicted octanol–water partition coefficient (Wildman–Crippen LogP) is 2.57. The van der Waals surface area contributed by atoms with Crippen LogP contribution in [0.5, 0.6) is 0 Å². The summed E-state index contributed by atoms with van der Waals surface area (Å²) < 4.78 is 23.2. The molecule has 0 spiro atoms. The Labute approximate surface area is 177 Å². The van der Waals surface area contributed by atoms with Gasteiger partial charge < -0.3 is 16.0 Å². The molecule has 1 aliphatic carbocycles. The second-order valence-corrected chi connectivity index (χ2v) is 10.4. The summed E-state index contributed by atoms with van der Waals surface area (Å²) in [6.45, 7) is 0. The number of hydrogen-bond donors (Lipinski definition) is 3. The summed E-state index contributed by atoms with van der Waals surface area (Å²) in [5.41, 5.74) is 2.95. The number of carbonyl (C=O) groups excluding carboxylic acids is 1. The fourth-order valence-corrected chi connectivity index (χ4v) is 5.19. The lowest BCUT2D eigenvalue weighted by atomic mass is 9.98. The first-order valence-corrected chi connectivity index (χ1v) is 12.2. The Morgan fingerprint density at radius 1 is 1.13 bits per heavy atom. The molecule has 4 atom stereocenters. The molecule has 1 aliphatic heterocycles. The number of sulfone groups is 1. The lowest BCUT2D eigenvalue weighted by Gasteiger charge is -2.24. The van der Waals surface area contributed by atoms with Gasteiger partial charge in [0.2, 0.25) is 5.91 Å². The fourth-order valence-electron chi connectivity index (χ4n) is 4.56. The zero-order valence-electron chi connectivity index (χ0n) is 17.0. The topological polar surface area (TPSA) is 99.1 Å². The number of nitrogens with one attached hydrogen (secondary N) is 3. The molecule has 1 saturated carbocycles. The van der Waals surface area contributed by atoms with E-state index in [1.807, 2.05) is 24.3 Å². The minimum atomic E-state index is -3.20. The van der Waals surface area contributed by atoms with Gasteiger partial charge in [-0.3, -0.25) is 4.79 Å². The zero-order chi connectivity index (χ0) is 21.3. The van der Waals surface area contributed by atoms with Crippen molar-refractivity contribution in [2.45, 2.75) is 48.7 Å². The van der Waals surface area contributed by atoms with Gasteiger partial charge in [0.05, 0.1) is 17.0 Å². The van der Waals surface area contributed by atoms with Crippen LogP contribution in [0.15, 0.2) is 53.4 Å². The third-order valence-electron chi connectivity index (χ3n) is 6.20. The largest absolute Gasteiger partial charge is 0.347 e. The summed E-state index contributed by atoms with van der Waals surface area (Å²) in [5, 5.41) is 14.1. The van der Waals surface area contributed by atoms with E-state index in [2.05, 4.69) is 10.6 Å². The first-order chi connectivity index (χ1) is 14.3. The quantitative estimate of drug-likeness (QED) is 0.594. The lowest BCUT2D eigenvalue weighted by molar-refractivity contribution is -0.124. The molecule has 0 radical (unpaired) electrons. The van der Waals surface area contributed by atoms with Crippen LogP contribution in [0.1, 0.15) is 24.8 Å². The number of carbonyl (C=O) groups is 1. The van der Waals surface area contributed by atoms with Gasteiger partial charge in [-0.05, 0) is 60.4 Å². The van der Waals surface area contributed by atoms with Gasteiger partial charge in [-0.25, -0.2) is 8.42 Å². The van der Waals surface area contributed by atoms with Gasteiger partial charge in [0.15, 0.2) is 9.84 Å². The average molecular weight is 426 g/mol. The van der Waals surface area contributed by atoms with E-state index in [1.165, 1.54) is 12.5 Å². The van der Waals surface area contributed by atoms with E-state index in [9.17, 15) is 13.2 Å². The van der Waals surface area contributed by atoms with Crippen LogP contribution < -0.4 is 10.6 Å². The molecule has 2 bridgehead atoms. The first-order valence-electron chi connectivity index (χ1n) is 10.3. The van der Waals surface area contributed by atoms with Crippen LogP contribution >= 0.6 is 0 Å². The molecule has 158 valence electrons. The summed E-state index contributed by atoms with van der Waals surface area (Å²) >= 11 is 0. The average Bonchev–Trinajstić information content (AvgIpc) is 3.37. The summed E-state index contributed by atoms with van der Waals surface area (Å²) in [5.74, 6) is 0.424. The van der Waals surface area contributed by atoms with Crippen molar-refractivity contribution in [2.24, 2.45) is 5.92 Å². The molecule has 3 N–H and O–H groups in total. The summed E-state index contributed by atoms with van der Waals surface area (Å²) in [6.07, 6.45) is 6.40.